The molecule has 9 heteroatoms. The minimum absolute atomic E-state index is 0.0744. The van der Waals surface area contributed by atoms with E-state index in [0.717, 1.165) is 42.5 Å². The van der Waals surface area contributed by atoms with Gasteiger partial charge in [-0.05, 0) is 56.0 Å². The van der Waals surface area contributed by atoms with Crippen LogP contribution in [0.2, 0.25) is 0 Å². The Morgan fingerprint density at radius 3 is 2.57 bits per heavy atom. The Kier molecular flexibility index (Phi) is 7.97. The van der Waals surface area contributed by atoms with Gasteiger partial charge in [0.25, 0.3) is 5.91 Å². The molecule has 0 saturated heterocycles. The number of benzene rings is 2. The molecule has 0 bridgehead atoms. The van der Waals surface area contributed by atoms with E-state index in [1.54, 1.807) is 23.6 Å². The van der Waals surface area contributed by atoms with Crippen LogP contribution in [-0.4, -0.2) is 29.0 Å². The number of urea groups is 1. The van der Waals surface area contributed by atoms with Crippen molar-refractivity contribution in [3.05, 3.63) is 75.5 Å². The van der Waals surface area contributed by atoms with E-state index < -0.39 is 5.82 Å². The highest BCUT2D eigenvalue weighted by atomic mass is 32.1. The Balaban J connectivity index is 1.33. The van der Waals surface area contributed by atoms with Crippen molar-refractivity contribution in [2.24, 2.45) is 0 Å². The molecule has 7 nitrogen and oxygen atoms in total. The summed E-state index contributed by atoms with van der Waals surface area (Å²) in [6.07, 6.45) is 3.51. The first-order chi connectivity index (χ1) is 16.9. The summed E-state index contributed by atoms with van der Waals surface area (Å²) in [5.41, 5.74) is 3.18. The molecule has 0 radical (unpaired) electrons. The van der Waals surface area contributed by atoms with Crippen molar-refractivity contribution >= 4 is 29.0 Å². The van der Waals surface area contributed by atoms with Crippen LogP contribution in [0.15, 0.2) is 47.8 Å². The van der Waals surface area contributed by atoms with Crippen LogP contribution in [0, 0.1) is 19.7 Å². The fourth-order valence-corrected chi connectivity index (χ4v) is 4.80. The lowest BCUT2D eigenvalue weighted by Gasteiger charge is -2.32. The van der Waals surface area contributed by atoms with Gasteiger partial charge in [-0.3, -0.25) is 4.79 Å². The number of carbonyl (C=O) groups excluding carboxylic acids is 2. The zero-order valence-electron chi connectivity index (χ0n) is 19.8. The van der Waals surface area contributed by atoms with Gasteiger partial charge >= 0.3 is 6.03 Å². The summed E-state index contributed by atoms with van der Waals surface area (Å²) in [6.45, 7) is 4.05. The van der Waals surface area contributed by atoms with Crippen molar-refractivity contribution in [3.63, 3.8) is 0 Å². The average Bonchev–Trinajstić information content (AvgIpc) is 3.32. The number of aryl methyl sites for hydroxylation is 1. The Morgan fingerprint density at radius 1 is 1.06 bits per heavy atom. The SMILES string of the molecule is Cc1cccc(NC(=O)NC2CCCCC2NC(=O)c2csc(COc3ccccc3F)n2)c1C. The van der Waals surface area contributed by atoms with Gasteiger partial charge in [0.2, 0.25) is 0 Å². The number of aromatic nitrogens is 1. The van der Waals surface area contributed by atoms with E-state index in [2.05, 4.69) is 20.9 Å². The molecule has 3 amide bonds. The van der Waals surface area contributed by atoms with Crippen molar-refractivity contribution < 1.29 is 18.7 Å². The molecule has 2 unspecified atom stereocenters. The molecule has 1 fully saturated rings. The maximum Gasteiger partial charge on any atom is 0.319 e. The van der Waals surface area contributed by atoms with Crippen LogP contribution in [0.5, 0.6) is 5.75 Å². The second-order valence-corrected chi connectivity index (χ2v) is 9.61. The Labute approximate surface area is 208 Å². The maximum atomic E-state index is 13.7. The van der Waals surface area contributed by atoms with E-state index in [1.807, 2.05) is 32.0 Å². The van der Waals surface area contributed by atoms with E-state index in [9.17, 15) is 14.0 Å². The highest BCUT2D eigenvalue weighted by Crippen LogP contribution is 2.22. The van der Waals surface area contributed by atoms with Gasteiger partial charge < -0.3 is 20.7 Å². The summed E-state index contributed by atoms with van der Waals surface area (Å²) in [6, 6.07) is 11.3. The van der Waals surface area contributed by atoms with Gasteiger partial charge in [-0.25, -0.2) is 14.2 Å². The highest BCUT2D eigenvalue weighted by Gasteiger charge is 2.29. The second-order valence-electron chi connectivity index (χ2n) is 8.66. The van der Waals surface area contributed by atoms with Crippen molar-refractivity contribution in [1.82, 2.24) is 15.6 Å². The maximum absolute atomic E-state index is 13.7. The van der Waals surface area contributed by atoms with Crippen LogP contribution < -0.4 is 20.7 Å². The fourth-order valence-electron chi connectivity index (χ4n) is 4.11. The number of hydrogen-bond donors (Lipinski definition) is 3. The van der Waals surface area contributed by atoms with E-state index in [4.69, 9.17) is 4.74 Å². The number of nitrogens with zero attached hydrogens (tertiary/aromatic N) is 1. The van der Waals surface area contributed by atoms with Crippen molar-refractivity contribution in [3.8, 4) is 5.75 Å². The standard InChI is InChI=1S/C26H29FN4O3S/c1-16-8-7-12-19(17(16)2)30-26(33)31-21-11-5-4-10-20(21)29-25(32)22-15-35-24(28-22)14-34-23-13-6-3-9-18(23)27/h3,6-9,12-13,15,20-21H,4-5,10-11,14H2,1-2H3,(H,29,32)(H2,30,31,33). The first-order valence-electron chi connectivity index (χ1n) is 11.7. The second kappa shape index (κ2) is 11.3. The molecule has 0 aliphatic heterocycles. The molecule has 1 aliphatic carbocycles. The molecule has 3 N–H and O–H groups in total. The van der Waals surface area contributed by atoms with E-state index in [-0.39, 0.29) is 42.1 Å². The zero-order valence-corrected chi connectivity index (χ0v) is 20.6. The van der Waals surface area contributed by atoms with Crippen LogP contribution in [0.1, 0.15) is 52.3 Å². The molecular formula is C26H29FN4O3S. The van der Waals surface area contributed by atoms with Crippen LogP contribution in [0.3, 0.4) is 0 Å². The normalized spacial score (nSPS) is 17.5. The lowest BCUT2D eigenvalue weighted by Crippen LogP contribution is -2.54. The Hall–Kier alpha value is -3.46. The van der Waals surface area contributed by atoms with Gasteiger partial charge in [0.15, 0.2) is 11.6 Å². The molecule has 1 heterocycles. The summed E-state index contributed by atoms with van der Waals surface area (Å²) in [4.78, 5) is 29.9. The quantitative estimate of drug-likeness (QED) is 0.412. The van der Waals surface area contributed by atoms with Crippen LogP contribution in [-0.2, 0) is 6.61 Å². The molecule has 184 valence electrons. The third-order valence-electron chi connectivity index (χ3n) is 6.22. The minimum Gasteiger partial charge on any atom is -0.483 e. The monoisotopic (exact) mass is 496 g/mol. The highest BCUT2D eigenvalue weighted by molar-refractivity contribution is 7.09. The minimum atomic E-state index is -0.445. The first kappa shape index (κ1) is 24.7. The number of thiazole rings is 1. The predicted molar refractivity (Wildman–Crippen MR) is 134 cm³/mol. The number of anilines is 1. The van der Waals surface area contributed by atoms with Crippen molar-refractivity contribution in [2.75, 3.05) is 5.32 Å². The topological polar surface area (TPSA) is 92.4 Å². The summed E-state index contributed by atoms with van der Waals surface area (Å²) < 4.78 is 19.2. The van der Waals surface area contributed by atoms with Gasteiger partial charge in [-0.2, -0.15) is 0 Å². The fraction of sp³-hybridized carbons (Fsp3) is 0.346. The van der Waals surface area contributed by atoms with E-state index >= 15 is 0 Å². The molecule has 2 aromatic carbocycles. The van der Waals surface area contributed by atoms with Gasteiger partial charge in [-0.15, -0.1) is 11.3 Å². The number of hydrogen-bond acceptors (Lipinski definition) is 5. The molecule has 0 spiro atoms. The predicted octanol–water partition coefficient (Wildman–Crippen LogP) is 5.34. The first-order valence-corrected chi connectivity index (χ1v) is 12.5. The molecule has 4 rings (SSSR count). The molecule has 2 atom stereocenters. The number of ether oxygens (including phenoxy) is 1. The van der Waals surface area contributed by atoms with E-state index in [1.165, 1.54) is 17.4 Å². The van der Waals surface area contributed by atoms with Gasteiger partial charge in [0.1, 0.15) is 17.3 Å². The van der Waals surface area contributed by atoms with Crippen LogP contribution >= 0.6 is 11.3 Å². The van der Waals surface area contributed by atoms with Crippen LogP contribution in [0.4, 0.5) is 14.9 Å². The lowest BCUT2D eigenvalue weighted by molar-refractivity contribution is 0.0911. The van der Waals surface area contributed by atoms with Crippen molar-refractivity contribution in [1.29, 1.82) is 0 Å². The summed E-state index contributed by atoms with van der Waals surface area (Å²) in [5, 5.41) is 11.2. The Morgan fingerprint density at radius 2 is 1.80 bits per heavy atom. The average molecular weight is 497 g/mol. The summed E-state index contributed by atoms with van der Waals surface area (Å²) in [7, 11) is 0. The van der Waals surface area contributed by atoms with Gasteiger partial charge in [0, 0.05) is 17.1 Å². The van der Waals surface area contributed by atoms with E-state index in [0.29, 0.717) is 5.01 Å². The van der Waals surface area contributed by atoms with Gasteiger partial charge in [0.05, 0.1) is 6.04 Å². The lowest BCUT2D eigenvalue weighted by atomic mass is 9.90. The number of para-hydroxylation sites is 1. The molecule has 1 aromatic heterocycles. The smallest absolute Gasteiger partial charge is 0.319 e. The third kappa shape index (κ3) is 6.36. The Bertz CT molecular complexity index is 1200. The van der Waals surface area contributed by atoms with Crippen LogP contribution in [0.25, 0.3) is 0 Å². The number of amides is 3. The largest absolute Gasteiger partial charge is 0.483 e. The number of halogens is 1. The zero-order chi connectivity index (χ0) is 24.8. The van der Waals surface area contributed by atoms with Crippen molar-refractivity contribution in [2.45, 2.75) is 58.2 Å². The number of carbonyl (C=O) groups is 2. The number of nitrogens with one attached hydrogen (secondary N) is 3. The summed E-state index contributed by atoms with van der Waals surface area (Å²) in [5.74, 6) is -0.601. The molecule has 1 saturated carbocycles. The number of rotatable bonds is 7. The molecule has 3 aromatic rings. The molecule has 1 aliphatic rings. The third-order valence-corrected chi connectivity index (χ3v) is 7.05. The molecular weight excluding hydrogens is 467 g/mol. The molecule has 35 heavy (non-hydrogen) atoms. The summed E-state index contributed by atoms with van der Waals surface area (Å²) >= 11 is 1.28. The van der Waals surface area contributed by atoms with Gasteiger partial charge in [-0.1, -0.05) is 37.1 Å².